The zero-order valence-corrected chi connectivity index (χ0v) is 13.4. The van der Waals surface area contributed by atoms with E-state index in [0.717, 1.165) is 26.5 Å². The molecule has 17 heavy (non-hydrogen) atoms. The SMILES string of the molecule is Cc1cc(C(=O)N2CCSC(C)C2C)sc1Br. The fraction of sp³-hybridized carbons (Fsp3) is 0.583. The van der Waals surface area contributed by atoms with Gasteiger partial charge >= 0.3 is 0 Å². The van der Waals surface area contributed by atoms with E-state index in [1.807, 2.05) is 29.7 Å². The number of halogens is 1. The molecular weight excluding hydrogens is 318 g/mol. The quantitative estimate of drug-likeness (QED) is 0.779. The molecule has 1 aromatic rings. The van der Waals surface area contributed by atoms with Crippen molar-refractivity contribution in [2.75, 3.05) is 12.3 Å². The van der Waals surface area contributed by atoms with Gasteiger partial charge in [-0.2, -0.15) is 11.8 Å². The van der Waals surface area contributed by atoms with E-state index in [2.05, 4.69) is 29.8 Å². The maximum atomic E-state index is 12.4. The van der Waals surface area contributed by atoms with Crippen LogP contribution in [0.3, 0.4) is 0 Å². The third kappa shape index (κ3) is 2.71. The average molecular weight is 334 g/mol. The number of aryl methyl sites for hydroxylation is 1. The molecular formula is C12H16BrNOS2. The number of thiophene rings is 1. The lowest BCUT2D eigenvalue weighted by molar-refractivity contribution is 0.0703. The topological polar surface area (TPSA) is 20.3 Å². The monoisotopic (exact) mass is 333 g/mol. The molecule has 0 aliphatic carbocycles. The Bertz CT molecular complexity index is 413. The highest BCUT2D eigenvalue weighted by Crippen LogP contribution is 2.31. The van der Waals surface area contributed by atoms with Crippen LogP contribution in [0.5, 0.6) is 0 Å². The Labute approximate surface area is 119 Å². The maximum absolute atomic E-state index is 12.4. The van der Waals surface area contributed by atoms with Crippen LogP contribution in [0.1, 0.15) is 29.1 Å². The van der Waals surface area contributed by atoms with Crippen LogP contribution in [0, 0.1) is 6.92 Å². The van der Waals surface area contributed by atoms with Gasteiger partial charge in [-0.15, -0.1) is 11.3 Å². The van der Waals surface area contributed by atoms with Crippen LogP contribution in [0.2, 0.25) is 0 Å². The van der Waals surface area contributed by atoms with Crippen molar-refractivity contribution in [3.8, 4) is 0 Å². The van der Waals surface area contributed by atoms with Crippen LogP contribution in [0.15, 0.2) is 9.85 Å². The van der Waals surface area contributed by atoms with E-state index in [1.54, 1.807) is 0 Å². The Balaban J connectivity index is 2.19. The van der Waals surface area contributed by atoms with Crippen LogP contribution >= 0.6 is 39.0 Å². The molecule has 0 bridgehead atoms. The Hall–Kier alpha value is 0. The molecule has 0 aromatic carbocycles. The van der Waals surface area contributed by atoms with Gasteiger partial charge in [0.15, 0.2) is 0 Å². The van der Waals surface area contributed by atoms with Gasteiger partial charge < -0.3 is 4.90 Å². The Morgan fingerprint density at radius 2 is 2.24 bits per heavy atom. The van der Waals surface area contributed by atoms with Crippen molar-refractivity contribution in [1.82, 2.24) is 4.90 Å². The van der Waals surface area contributed by atoms with Crippen molar-refractivity contribution in [3.63, 3.8) is 0 Å². The van der Waals surface area contributed by atoms with Crippen LogP contribution in [-0.4, -0.2) is 34.4 Å². The molecule has 1 aliphatic heterocycles. The first kappa shape index (κ1) is 13.4. The zero-order valence-electron chi connectivity index (χ0n) is 10.2. The van der Waals surface area contributed by atoms with Crippen LogP contribution < -0.4 is 0 Å². The summed E-state index contributed by atoms with van der Waals surface area (Å²) in [4.78, 5) is 15.3. The molecule has 0 spiro atoms. The molecule has 1 aliphatic rings. The number of carbonyl (C=O) groups excluding carboxylic acids is 1. The van der Waals surface area contributed by atoms with Gasteiger partial charge in [-0.1, -0.05) is 6.92 Å². The van der Waals surface area contributed by atoms with Gasteiger partial charge in [0, 0.05) is 23.6 Å². The van der Waals surface area contributed by atoms with Gasteiger partial charge in [-0.05, 0) is 41.4 Å². The van der Waals surface area contributed by atoms with Crippen LogP contribution in [0.4, 0.5) is 0 Å². The van der Waals surface area contributed by atoms with Crippen molar-refractivity contribution < 1.29 is 4.79 Å². The minimum atomic E-state index is 0.184. The lowest BCUT2D eigenvalue weighted by Gasteiger charge is -2.37. The molecule has 2 nitrogen and oxygen atoms in total. The van der Waals surface area contributed by atoms with E-state index in [9.17, 15) is 4.79 Å². The summed E-state index contributed by atoms with van der Waals surface area (Å²) in [5, 5.41) is 0.525. The van der Waals surface area contributed by atoms with Crippen molar-refractivity contribution in [2.24, 2.45) is 0 Å². The third-order valence-electron chi connectivity index (χ3n) is 3.21. The zero-order chi connectivity index (χ0) is 12.6. The molecule has 5 heteroatoms. The second kappa shape index (κ2) is 5.33. The molecule has 0 radical (unpaired) electrons. The average Bonchev–Trinajstić information content (AvgIpc) is 2.62. The number of carbonyl (C=O) groups is 1. The van der Waals surface area contributed by atoms with Crippen LogP contribution in [0.25, 0.3) is 0 Å². The predicted octanol–water partition coefficient (Wildman–Crippen LogP) is 3.79. The second-order valence-corrected chi connectivity index (χ2v) is 8.24. The summed E-state index contributed by atoms with van der Waals surface area (Å²) in [6.45, 7) is 7.23. The first-order valence-electron chi connectivity index (χ1n) is 5.69. The van der Waals surface area contributed by atoms with Gasteiger partial charge in [-0.25, -0.2) is 0 Å². The molecule has 0 saturated carbocycles. The van der Waals surface area contributed by atoms with Gasteiger partial charge in [-0.3, -0.25) is 4.79 Å². The highest BCUT2D eigenvalue weighted by Gasteiger charge is 2.30. The largest absolute Gasteiger partial charge is 0.333 e. The highest BCUT2D eigenvalue weighted by atomic mass is 79.9. The number of amides is 1. The minimum Gasteiger partial charge on any atom is -0.333 e. The molecule has 0 N–H and O–H groups in total. The molecule has 1 saturated heterocycles. The number of rotatable bonds is 1. The van der Waals surface area contributed by atoms with E-state index in [1.165, 1.54) is 11.3 Å². The summed E-state index contributed by atoms with van der Waals surface area (Å²) in [6.07, 6.45) is 0. The van der Waals surface area contributed by atoms with Crippen molar-refractivity contribution >= 4 is 44.9 Å². The molecule has 2 heterocycles. The first-order valence-corrected chi connectivity index (χ1v) is 8.35. The van der Waals surface area contributed by atoms with Crippen molar-refractivity contribution in [1.29, 1.82) is 0 Å². The third-order valence-corrected chi connectivity index (χ3v) is 6.68. The molecule has 94 valence electrons. The van der Waals surface area contributed by atoms with Gasteiger partial charge in [0.2, 0.25) is 0 Å². The van der Waals surface area contributed by atoms with E-state index >= 15 is 0 Å². The summed E-state index contributed by atoms with van der Waals surface area (Å²) < 4.78 is 1.06. The smallest absolute Gasteiger partial charge is 0.264 e. The predicted molar refractivity (Wildman–Crippen MR) is 79.2 cm³/mol. The van der Waals surface area contributed by atoms with Crippen molar-refractivity contribution in [2.45, 2.75) is 32.1 Å². The Morgan fingerprint density at radius 3 is 2.82 bits per heavy atom. The second-order valence-electron chi connectivity index (χ2n) is 4.38. The highest BCUT2D eigenvalue weighted by molar-refractivity contribution is 9.11. The van der Waals surface area contributed by atoms with Crippen LogP contribution in [-0.2, 0) is 0 Å². The minimum absolute atomic E-state index is 0.184. The first-order chi connectivity index (χ1) is 8.00. The number of hydrogen-bond donors (Lipinski definition) is 0. The van der Waals surface area contributed by atoms with Gasteiger partial charge in [0.1, 0.15) is 0 Å². The number of thioether (sulfide) groups is 1. The maximum Gasteiger partial charge on any atom is 0.264 e. The molecule has 2 atom stereocenters. The van der Waals surface area contributed by atoms with E-state index in [0.29, 0.717) is 11.3 Å². The fourth-order valence-electron chi connectivity index (χ4n) is 1.93. The summed E-state index contributed by atoms with van der Waals surface area (Å²) in [6, 6.07) is 2.30. The van der Waals surface area contributed by atoms with Gasteiger partial charge in [0.05, 0.1) is 8.66 Å². The van der Waals surface area contributed by atoms with Gasteiger partial charge in [0.25, 0.3) is 5.91 Å². The Morgan fingerprint density at radius 1 is 1.53 bits per heavy atom. The molecule has 1 aromatic heterocycles. The standard InChI is InChI=1S/C12H16BrNOS2/c1-7-6-10(17-11(7)13)12(15)14-4-5-16-9(3)8(14)2/h6,8-9H,4-5H2,1-3H3. The molecule has 2 rings (SSSR count). The Kier molecular flexibility index (Phi) is 4.21. The van der Waals surface area contributed by atoms with E-state index in [4.69, 9.17) is 0 Å². The molecule has 1 amide bonds. The lowest BCUT2D eigenvalue weighted by Crippen LogP contribution is -2.47. The summed E-state index contributed by atoms with van der Waals surface area (Å²) >= 11 is 6.97. The normalized spacial score (nSPS) is 25.1. The summed E-state index contributed by atoms with van der Waals surface area (Å²) in [7, 11) is 0. The number of hydrogen-bond acceptors (Lipinski definition) is 3. The van der Waals surface area contributed by atoms with Crippen molar-refractivity contribution in [3.05, 3.63) is 20.3 Å². The molecule has 1 fully saturated rings. The van der Waals surface area contributed by atoms with E-state index in [-0.39, 0.29) is 5.91 Å². The summed E-state index contributed by atoms with van der Waals surface area (Å²) in [5.41, 5.74) is 1.14. The summed E-state index contributed by atoms with van der Waals surface area (Å²) in [5.74, 6) is 1.23. The molecule has 2 unspecified atom stereocenters. The lowest BCUT2D eigenvalue weighted by atomic mass is 10.2. The number of nitrogens with zero attached hydrogens (tertiary/aromatic N) is 1. The van der Waals surface area contributed by atoms with E-state index < -0.39 is 0 Å². The fourth-order valence-corrected chi connectivity index (χ4v) is 4.52.